The van der Waals surface area contributed by atoms with Crippen molar-refractivity contribution >= 4 is 0 Å². The molecule has 0 saturated carbocycles. The summed E-state index contributed by atoms with van der Waals surface area (Å²) < 4.78 is 4.85. The first-order valence-electron chi connectivity index (χ1n) is 4.59. The molecule has 0 saturated heterocycles. The van der Waals surface area contributed by atoms with E-state index in [0.717, 1.165) is 6.42 Å². The highest BCUT2D eigenvalue weighted by Crippen LogP contribution is 2.12. The quantitative estimate of drug-likeness (QED) is 0.597. The number of aliphatic hydroxyl groups is 2. The molecule has 3 atom stereocenters. The van der Waals surface area contributed by atoms with Gasteiger partial charge in [0, 0.05) is 6.61 Å². The van der Waals surface area contributed by atoms with E-state index in [1.807, 2.05) is 6.92 Å². The SMILES string of the molecule is CCOC(O)C(O)CC(C)CC. The van der Waals surface area contributed by atoms with Crippen molar-refractivity contribution in [2.24, 2.45) is 5.92 Å². The van der Waals surface area contributed by atoms with E-state index in [0.29, 0.717) is 18.9 Å². The van der Waals surface area contributed by atoms with Crippen LogP contribution >= 0.6 is 0 Å². The third-order valence-electron chi connectivity index (χ3n) is 2.01. The fourth-order valence-corrected chi connectivity index (χ4v) is 0.977. The number of rotatable bonds is 6. The van der Waals surface area contributed by atoms with Crippen LogP contribution in [0.5, 0.6) is 0 Å². The maximum Gasteiger partial charge on any atom is 0.180 e. The Labute approximate surface area is 74.4 Å². The summed E-state index contributed by atoms with van der Waals surface area (Å²) in [5.41, 5.74) is 0. The van der Waals surface area contributed by atoms with Crippen LogP contribution in [0.3, 0.4) is 0 Å². The van der Waals surface area contributed by atoms with Crippen molar-refractivity contribution in [2.75, 3.05) is 6.61 Å². The van der Waals surface area contributed by atoms with Gasteiger partial charge in [0.05, 0.1) is 0 Å². The van der Waals surface area contributed by atoms with E-state index in [2.05, 4.69) is 6.92 Å². The molecule has 0 rings (SSSR count). The second kappa shape index (κ2) is 6.40. The largest absolute Gasteiger partial charge is 0.388 e. The maximum atomic E-state index is 9.38. The monoisotopic (exact) mass is 176 g/mol. The molecule has 0 aliphatic carbocycles. The summed E-state index contributed by atoms with van der Waals surface area (Å²) in [7, 11) is 0. The first-order chi connectivity index (χ1) is 5.61. The van der Waals surface area contributed by atoms with Crippen LogP contribution in [0.2, 0.25) is 0 Å². The molecular weight excluding hydrogens is 156 g/mol. The van der Waals surface area contributed by atoms with E-state index in [-0.39, 0.29) is 0 Å². The summed E-state index contributed by atoms with van der Waals surface area (Å²) in [5, 5.41) is 18.6. The van der Waals surface area contributed by atoms with Gasteiger partial charge in [-0.25, -0.2) is 0 Å². The molecule has 3 heteroatoms. The van der Waals surface area contributed by atoms with Crippen LogP contribution in [0.4, 0.5) is 0 Å². The first-order valence-corrected chi connectivity index (χ1v) is 4.59. The van der Waals surface area contributed by atoms with Crippen molar-refractivity contribution in [1.82, 2.24) is 0 Å². The molecule has 0 heterocycles. The Morgan fingerprint density at radius 1 is 1.25 bits per heavy atom. The molecule has 0 aromatic rings. The molecule has 0 fully saturated rings. The molecule has 0 amide bonds. The van der Waals surface area contributed by atoms with Gasteiger partial charge in [0.1, 0.15) is 6.10 Å². The van der Waals surface area contributed by atoms with Crippen molar-refractivity contribution in [2.45, 2.75) is 46.0 Å². The summed E-state index contributed by atoms with van der Waals surface area (Å²) in [6, 6.07) is 0. The predicted molar refractivity (Wildman–Crippen MR) is 47.7 cm³/mol. The Bertz CT molecular complexity index is 106. The second-order valence-corrected chi connectivity index (χ2v) is 3.16. The van der Waals surface area contributed by atoms with Gasteiger partial charge in [-0.05, 0) is 19.3 Å². The molecule has 74 valence electrons. The molecule has 0 spiro atoms. The molecule has 0 aliphatic rings. The Morgan fingerprint density at radius 2 is 1.83 bits per heavy atom. The highest BCUT2D eigenvalue weighted by molar-refractivity contribution is 4.62. The lowest BCUT2D eigenvalue weighted by Crippen LogP contribution is -2.30. The third-order valence-corrected chi connectivity index (χ3v) is 2.01. The molecule has 0 aromatic heterocycles. The van der Waals surface area contributed by atoms with E-state index in [1.165, 1.54) is 0 Å². The molecular formula is C9H20O3. The Kier molecular flexibility index (Phi) is 6.34. The standard InChI is InChI=1S/C9H20O3/c1-4-7(3)6-8(10)9(11)12-5-2/h7-11H,4-6H2,1-3H3. The molecule has 0 aliphatic heterocycles. The summed E-state index contributed by atoms with van der Waals surface area (Å²) in [4.78, 5) is 0. The van der Waals surface area contributed by atoms with E-state index < -0.39 is 12.4 Å². The Balaban J connectivity index is 3.62. The van der Waals surface area contributed by atoms with E-state index in [9.17, 15) is 10.2 Å². The highest BCUT2D eigenvalue weighted by Gasteiger charge is 2.17. The van der Waals surface area contributed by atoms with Gasteiger partial charge < -0.3 is 14.9 Å². The maximum absolute atomic E-state index is 9.38. The smallest absolute Gasteiger partial charge is 0.180 e. The van der Waals surface area contributed by atoms with Crippen LogP contribution in [0.15, 0.2) is 0 Å². The molecule has 3 nitrogen and oxygen atoms in total. The normalized spacial score (nSPS) is 18.8. The van der Waals surface area contributed by atoms with Crippen molar-refractivity contribution < 1.29 is 14.9 Å². The average molecular weight is 176 g/mol. The molecule has 2 N–H and O–H groups in total. The highest BCUT2D eigenvalue weighted by atomic mass is 16.6. The van der Waals surface area contributed by atoms with Crippen LogP contribution in [0.1, 0.15) is 33.6 Å². The van der Waals surface area contributed by atoms with E-state index >= 15 is 0 Å². The Morgan fingerprint density at radius 3 is 2.25 bits per heavy atom. The third kappa shape index (κ3) is 4.70. The van der Waals surface area contributed by atoms with Crippen LogP contribution in [-0.2, 0) is 4.74 Å². The van der Waals surface area contributed by atoms with Crippen LogP contribution < -0.4 is 0 Å². The molecule has 0 radical (unpaired) electrons. The van der Waals surface area contributed by atoms with Gasteiger partial charge in [-0.15, -0.1) is 0 Å². The average Bonchev–Trinajstić information content (AvgIpc) is 2.04. The number of ether oxygens (including phenoxy) is 1. The Hall–Kier alpha value is -0.120. The lowest BCUT2D eigenvalue weighted by molar-refractivity contribution is -0.162. The molecule has 3 unspecified atom stereocenters. The van der Waals surface area contributed by atoms with Gasteiger partial charge in [0.2, 0.25) is 0 Å². The van der Waals surface area contributed by atoms with Gasteiger partial charge in [-0.2, -0.15) is 0 Å². The van der Waals surface area contributed by atoms with Crippen LogP contribution in [0, 0.1) is 5.92 Å². The fraction of sp³-hybridized carbons (Fsp3) is 1.00. The summed E-state index contributed by atoms with van der Waals surface area (Å²) >= 11 is 0. The first kappa shape index (κ1) is 11.9. The van der Waals surface area contributed by atoms with Gasteiger partial charge in [0.25, 0.3) is 0 Å². The summed E-state index contributed by atoms with van der Waals surface area (Å²) in [6.45, 7) is 6.32. The number of hydrogen-bond acceptors (Lipinski definition) is 3. The molecule has 12 heavy (non-hydrogen) atoms. The summed E-state index contributed by atoms with van der Waals surface area (Å²) in [6.07, 6.45) is -0.169. The van der Waals surface area contributed by atoms with Crippen molar-refractivity contribution in [1.29, 1.82) is 0 Å². The number of hydrogen-bond donors (Lipinski definition) is 2. The van der Waals surface area contributed by atoms with Crippen LogP contribution in [0.25, 0.3) is 0 Å². The minimum atomic E-state index is -1.02. The van der Waals surface area contributed by atoms with Crippen molar-refractivity contribution in [3.63, 3.8) is 0 Å². The topological polar surface area (TPSA) is 49.7 Å². The molecule has 0 bridgehead atoms. The second-order valence-electron chi connectivity index (χ2n) is 3.16. The van der Waals surface area contributed by atoms with E-state index in [1.54, 1.807) is 6.92 Å². The van der Waals surface area contributed by atoms with Gasteiger partial charge in [-0.3, -0.25) is 0 Å². The fourth-order valence-electron chi connectivity index (χ4n) is 0.977. The van der Waals surface area contributed by atoms with Crippen molar-refractivity contribution in [3.05, 3.63) is 0 Å². The minimum Gasteiger partial charge on any atom is -0.388 e. The minimum absolute atomic E-state index is 0.426. The summed E-state index contributed by atoms with van der Waals surface area (Å²) in [5.74, 6) is 0.426. The van der Waals surface area contributed by atoms with E-state index in [4.69, 9.17) is 4.74 Å². The lowest BCUT2D eigenvalue weighted by Gasteiger charge is -2.19. The molecule has 0 aromatic carbocycles. The number of aliphatic hydroxyl groups excluding tert-OH is 2. The van der Waals surface area contributed by atoms with Gasteiger partial charge in [0.15, 0.2) is 6.29 Å². The predicted octanol–water partition coefficient (Wildman–Crippen LogP) is 1.14. The zero-order valence-electron chi connectivity index (χ0n) is 8.16. The zero-order chi connectivity index (χ0) is 9.56. The lowest BCUT2D eigenvalue weighted by atomic mass is 10.0. The zero-order valence-corrected chi connectivity index (χ0v) is 8.16. The van der Waals surface area contributed by atoms with Crippen LogP contribution in [-0.4, -0.2) is 29.2 Å². The van der Waals surface area contributed by atoms with Crippen molar-refractivity contribution in [3.8, 4) is 0 Å². The van der Waals surface area contributed by atoms with Gasteiger partial charge >= 0.3 is 0 Å². The van der Waals surface area contributed by atoms with Gasteiger partial charge in [-0.1, -0.05) is 20.3 Å².